The van der Waals surface area contributed by atoms with Crippen LogP contribution in [0.3, 0.4) is 0 Å². The topological polar surface area (TPSA) is 9.23 Å². The second-order valence-electron chi connectivity index (χ2n) is 3.49. The minimum absolute atomic E-state index is 0.766. The van der Waals surface area contributed by atoms with Gasteiger partial charge >= 0.3 is 0 Å². The van der Waals surface area contributed by atoms with Gasteiger partial charge in [-0.3, -0.25) is 0 Å². The third-order valence-electron chi connectivity index (χ3n) is 1.49. The summed E-state index contributed by atoms with van der Waals surface area (Å²) in [5, 5.41) is 0. The van der Waals surface area contributed by atoms with E-state index >= 15 is 0 Å². The van der Waals surface area contributed by atoms with Gasteiger partial charge in [0.15, 0.2) is 0 Å². The van der Waals surface area contributed by atoms with Gasteiger partial charge in [0, 0.05) is 14.2 Å². The van der Waals surface area contributed by atoms with Crippen molar-refractivity contribution in [2.75, 3.05) is 14.2 Å². The van der Waals surface area contributed by atoms with E-state index in [-0.39, 0.29) is 0 Å². The largest absolute Gasteiger partial charge is 0.388 e. The van der Waals surface area contributed by atoms with Crippen LogP contribution < -0.4 is 0 Å². The molecule has 0 atom stereocenters. The van der Waals surface area contributed by atoms with E-state index in [1.165, 1.54) is 12.0 Å². The van der Waals surface area contributed by atoms with Gasteiger partial charge in [-0.15, -0.1) is 0 Å². The Balaban J connectivity index is 0.000000424. The summed E-state index contributed by atoms with van der Waals surface area (Å²) in [6.07, 6.45) is 1.20. The van der Waals surface area contributed by atoms with Crippen LogP contribution in [-0.4, -0.2) is 14.2 Å². The highest BCUT2D eigenvalue weighted by atomic mass is 16.4. The van der Waals surface area contributed by atoms with Gasteiger partial charge in [-0.1, -0.05) is 44.2 Å². The summed E-state index contributed by atoms with van der Waals surface area (Å²) in [6.45, 7) is 4.49. The zero-order chi connectivity index (χ0) is 10.1. The summed E-state index contributed by atoms with van der Waals surface area (Å²) in [6, 6.07) is 10.6. The van der Waals surface area contributed by atoms with Crippen molar-refractivity contribution in [2.45, 2.75) is 20.3 Å². The Morgan fingerprint density at radius 2 is 1.54 bits per heavy atom. The number of rotatable bonds is 2. The first-order valence-electron chi connectivity index (χ1n) is 4.64. The molecule has 0 spiro atoms. The van der Waals surface area contributed by atoms with E-state index in [1.54, 1.807) is 14.2 Å². The van der Waals surface area contributed by atoms with Crippen molar-refractivity contribution in [3.63, 3.8) is 0 Å². The summed E-state index contributed by atoms with van der Waals surface area (Å²) in [5.74, 6) is 0.766. The minimum atomic E-state index is 0.766. The molecule has 1 aromatic carbocycles. The molecule has 0 aromatic heterocycles. The molecule has 0 saturated heterocycles. The van der Waals surface area contributed by atoms with Crippen LogP contribution in [0.2, 0.25) is 0 Å². The summed E-state index contributed by atoms with van der Waals surface area (Å²) < 4.78 is 4.25. The molecule has 74 valence electrons. The Hall–Kier alpha value is -0.820. The van der Waals surface area contributed by atoms with E-state index in [0.29, 0.717) is 0 Å². The predicted molar refractivity (Wildman–Crippen MR) is 57.9 cm³/mol. The van der Waals surface area contributed by atoms with Gasteiger partial charge in [0.05, 0.1) is 0 Å². The first-order chi connectivity index (χ1) is 6.20. The van der Waals surface area contributed by atoms with E-state index in [1.807, 2.05) is 0 Å². The molecule has 1 rings (SSSR count). The Labute approximate surface area is 81.7 Å². The maximum Gasteiger partial charge on any atom is 0.0351 e. The van der Waals surface area contributed by atoms with Gasteiger partial charge in [-0.2, -0.15) is 0 Å². The predicted octanol–water partition coefficient (Wildman–Crippen LogP) is 3.15. The Morgan fingerprint density at radius 3 is 1.92 bits per heavy atom. The smallest absolute Gasteiger partial charge is 0.0351 e. The summed E-state index contributed by atoms with van der Waals surface area (Å²) in [5.41, 5.74) is 1.44. The first-order valence-corrected chi connectivity index (χ1v) is 4.64. The summed E-state index contributed by atoms with van der Waals surface area (Å²) in [7, 11) is 3.25. The van der Waals surface area contributed by atoms with Crippen molar-refractivity contribution < 1.29 is 4.74 Å². The molecule has 0 N–H and O–H groups in total. The Kier molecular flexibility index (Phi) is 7.32. The van der Waals surface area contributed by atoms with Crippen LogP contribution in [0.25, 0.3) is 0 Å². The van der Waals surface area contributed by atoms with Crippen molar-refractivity contribution in [3.05, 3.63) is 35.9 Å². The molecule has 0 aliphatic heterocycles. The second-order valence-corrected chi connectivity index (χ2v) is 3.49. The lowest BCUT2D eigenvalue weighted by molar-refractivity contribution is 0.277. The normalized spacial score (nSPS) is 9.31. The SMILES string of the molecule is CC(C)Cc1ccccc1.COC. The van der Waals surface area contributed by atoms with E-state index in [2.05, 4.69) is 48.9 Å². The number of hydrogen-bond donors (Lipinski definition) is 0. The molecule has 0 fully saturated rings. The van der Waals surface area contributed by atoms with Gasteiger partial charge < -0.3 is 4.74 Å². The zero-order valence-corrected chi connectivity index (χ0v) is 9.08. The van der Waals surface area contributed by atoms with Crippen LogP contribution >= 0.6 is 0 Å². The number of methoxy groups -OCH3 is 1. The quantitative estimate of drug-likeness (QED) is 0.679. The molecular formula is C12H20O. The Morgan fingerprint density at radius 1 is 1.08 bits per heavy atom. The number of ether oxygens (including phenoxy) is 1. The third-order valence-corrected chi connectivity index (χ3v) is 1.49. The van der Waals surface area contributed by atoms with E-state index in [9.17, 15) is 0 Å². The van der Waals surface area contributed by atoms with Crippen LogP contribution in [0.5, 0.6) is 0 Å². The van der Waals surface area contributed by atoms with Crippen LogP contribution in [0.4, 0.5) is 0 Å². The molecule has 1 aromatic rings. The fourth-order valence-corrected chi connectivity index (χ4v) is 1.09. The lowest BCUT2D eigenvalue weighted by atomic mass is 10.0. The average Bonchev–Trinajstić information content (AvgIpc) is 2.06. The fourth-order valence-electron chi connectivity index (χ4n) is 1.09. The highest BCUT2D eigenvalue weighted by Crippen LogP contribution is 2.05. The minimum Gasteiger partial charge on any atom is -0.388 e. The second kappa shape index (κ2) is 7.81. The highest BCUT2D eigenvalue weighted by molar-refractivity contribution is 5.14. The molecule has 0 aliphatic carbocycles. The van der Waals surface area contributed by atoms with Crippen LogP contribution in [0.15, 0.2) is 30.3 Å². The molecule has 1 nitrogen and oxygen atoms in total. The molecule has 13 heavy (non-hydrogen) atoms. The van der Waals surface area contributed by atoms with Gasteiger partial charge in [0.2, 0.25) is 0 Å². The maximum atomic E-state index is 4.25. The van der Waals surface area contributed by atoms with Gasteiger partial charge in [-0.25, -0.2) is 0 Å². The third kappa shape index (κ3) is 7.54. The molecule has 0 bridgehead atoms. The van der Waals surface area contributed by atoms with Gasteiger partial charge in [0.25, 0.3) is 0 Å². The average molecular weight is 180 g/mol. The van der Waals surface area contributed by atoms with Crippen LogP contribution in [0, 0.1) is 5.92 Å². The van der Waals surface area contributed by atoms with E-state index in [4.69, 9.17) is 0 Å². The fraction of sp³-hybridized carbons (Fsp3) is 0.500. The first kappa shape index (κ1) is 12.2. The van der Waals surface area contributed by atoms with E-state index < -0.39 is 0 Å². The van der Waals surface area contributed by atoms with Gasteiger partial charge in [-0.05, 0) is 17.9 Å². The van der Waals surface area contributed by atoms with Crippen molar-refractivity contribution >= 4 is 0 Å². The molecule has 1 heteroatoms. The van der Waals surface area contributed by atoms with Crippen molar-refractivity contribution in [1.82, 2.24) is 0 Å². The summed E-state index contributed by atoms with van der Waals surface area (Å²) >= 11 is 0. The lowest BCUT2D eigenvalue weighted by Crippen LogP contribution is -1.92. The van der Waals surface area contributed by atoms with Crippen molar-refractivity contribution in [2.24, 2.45) is 5.92 Å². The molecule has 0 aliphatic rings. The highest BCUT2D eigenvalue weighted by Gasteiger charge is 1.94. The molecule has 0 saturated carbocycles. The molecule has 0 heterocycles. The molecule has 0 amide bonds. The molecular weight excluding hydrogens is 160 g/mol. The van der Waals surface area contributed by atoms with Gasteiger partial charge in [0.1, 0.15) is 0 Å². The summed E-state index contributed by atoms with van der Waals surface area (Å²) in [4.78, 5) is 0. The zero-order valence-electron chi connectivity index (χ0n) is 9.08. The standard InChI is InChI=1S/C10H14.C2H6O/c1-9(2)8-10-6-4-3-5-7-10;1-3-2/h3-7,9H,8H2,1-2H3;1-2H3. The maximum absolute atomic E-state index is 4.25. The van der Waals surface area contributed by atoms with Crippen molar-refractivity contribution in [1.29, 1.82) is 0 Å². The molecule has 0 radical (unpaired) electrons. The van der Waals surface area contributed by atoms with Crippen LogP contribution in [0.1, 0.15) is 19.4 Å². The lowest BCUT2D eigenvalue weighted by Gasteiger charge is -2.02. The molecule has 0 unspecified atom stereocenters. The Bertz CT molecular complexity index is 192. The van der Waals surface area contributed by atoms with Crippen molar-refractivity contribution in [3.8, 4) is 0 Å². The number of hydrogen-bond acceptors (Lipinski definition) is 1. The number of benzene rings is 1. The van der Waals surface area contributed by atoms with E-state index in [0.717, 1.165) is 5.92 Å². The monoisotopic (exact) mass is 180 g/mol. The van der Waals surface area contributed by atoms with Crippen LogP contribution in [-0.2, 0) is 11.2 Å².